The van der Waals surface area contributed by atoms with Gasteiger partial charge in [0.25, 0.3) is 5.91 Å². The highest BCUT2D eigenvalue weighted by Gasteiger charge is 2.35. The highest BCUT2D eigenvalue weighted by molar-refractivity contribution is 7.91. The highest BCUT2D eigenvalue weighted by atomic mass is 32.2. The molecule has 146 valence electrons. The fraction of sp³-hybridized carbons (Fsp3) is 0.364. The normalized spacial score (nSPS) is 22.8. The lowest BCUT2D eigenvalue weighted by Gasteiger charge is -2.28. The number of amides is 1. The maximum absolute atomic E-state index is 13.0. The molecule has 0 bridgehead atoms. The van der Waals surface area contributed by atoms with E-state index in [-0.39, 0.29) is 44.2 Å². The largest absolute Gasteiger partial charge is 0.349 e. The fourth-order valence-corrected chi connectivity index (χ4v) is 5.89. The zero-order chi connectivity index (χ0) is 19.9. The molecule has 5 nitrogen and oxygen atoms in total. The van der Waals surface area contributed by atoms with E-state index in [1.54, 1.807) is 12.1 Å². The predicted molar refractivity (Wildman–Crippen MR) is 105 cm³/mol. The molecule has 4 rings (SSSR count). The minimum absolute atomic E-state index is 0.00273. The number of benzene rings is 2. The van der Waals surface area contributed by atoms with Gasteiger partial charge in [0, 0.05) is 22.7 Å². The molecule has 6 heteroatoms. The molecule has 1 amide bonds. The summed E-state index contributed by atoms with van der Waals surface area (Å²) in [5.74, 6) is 0.114. The molecule has 0 aromatic heterocycles. The second-order valence-electron chi connectivity index (χ2n) is 7.64. The highest BCUT2D eigenvalue weighted by Crippen LogP contribution is 2.35. The van der Waals surface area contributed by atoms with Crippen LogP contribution in [0, 0.1) is 5.92 Å². The van der Waals surface area contributed by atoms with Gasteiger partial charge in [-0.1, -0.05) is 25.5 Å². The van der Waals surface area contributed by atoms with Gasteiger partial charge in [-0.05, 0) is 61.9 Å². The van der Waals surface area contributed by atoms with Crippen LogP contribution in [0.3, 0.4) is 0 Å². The van der Waals surface area contributed by atoms with Gasteiger partial charge in [-0.2, -0.15) is 0 Å². The van der Waals surface area contributed by atoms with Gasteiger partial charge < -0.3 is 5.32 Å². The summed E-state index contributed by atoms with van der Waals surface area (Å²) < 4.78 is 26.0. The average molecular weight is 397 g/mol. The predicted octanol–water partition coefficient (Wildman–Crippen LogP) is 3.76. The van der Waals surface area contributed by atoms with Crippen molar-refractivity contribution in [3.63, 3.8) is 0 Å². The van der Waals surface area contributed by atoms with Crippen LogP contribution in [0.2, 0.25) is 0 Å². The standard InChI is InChI=1S/C22H23NO4S/c1-2-14-7-10-16(11-8-14)23-22(25)15-9-12-18-20(13-15)28(26,27)19-6-4-3-5-17(19)21(18)24/h3-6,9,12-14,16H,2,7-8,10-11H2,1H3,(H,23,25). The van der Waals surface area contributed by atoms with Crippen LogP contribution in [-0.4, -0.2) is 26.2 Å². The summed E-state index contributed by atoms with van der Waals surface area (Å²) in [6.45, 7) is 2.19. The van der Waals surface area contributed by atoms with Gasteiger partial charge in [0.1, 0.15) is 0 Å². The molecular weight excluding hydrogens is 374 g/mol. The van der Waals surface area contributed by atoms with Crippen molar-refractivity contribution in [2.75, 3.05) is 0 Å². The molecule has 28 heavy (non-hydrogen) atoms. The molecule has 0 saturated heterocycles. The Morgan fingerprint density at radius 1 is 1.00 bits per heavy atom. The first-order chi connectivity index (χ1) is 13.4. The first kappa shape index (κ1) is 18.9. The van der Waals surface area contributed by atoms with Gasteiger partial charge in [0.2, 0.25) is 9.84 Å². The molecule has 0 radical (unpaired) electrons. The van der Waals surface area contributed by atoms with Crippen LogP contribution in [0.15, 0.2) is 52.3 Å². The second kappa shape index (κ2) is 7.17. The van der Waals surface area contributed by atoms with E-state index in [0.29, 0.717) is 0 Å². The topological polar surface area (TPSA) is 80.3 Å². The quantitative estimate of drug-likeness (QED) is 0.730. The minimum Gasteiger partial charge on any atom is -0.349 e. The van der Waals surface area contributed by atoms with Crippen LogP contribution in [0.25, 0.3) is 0 Å². The molecule has 1 aliphatic carbocycles. The fourth-order valence-electron chi connectivity index (χ4n) is 4.21. The van der Waals surface area contributed by atoms with E-state index in [9.17, 15) is 18.0 Å². The van der Waals surface area contributed by atoms with Gasteiger partial charge in [0.15, 0.2) is 5.78 Å². The van der Waals surface area contributed by atoms with Crippen molar-refractivity contribution >= 4 is 21.5 Å². The summed E-state index contributed by atoms with van der Waals surface area (Å²) in [6, 6.07) is 10.6. The van der Waals surface area contributed by atoms with Crippen LogP contribution < -0.4 is 5.32 Å². The first-order valence-electron chi connectivity index (χ1n) is 9.75. The molecule has 2 aromatic rings. The van der Waals surface area contributed by atoms with E-state index >= 15 is 0 Å². The van der Waals surface area contributed by atoms with Crippen molar-refractivity contribution in [1.82, 2.24) is 5.32 Å². The molecule has 0 atom stereocenters. The molecule has 2 aliphatic rings. The van der Waals surface area contributed by atoms with Crippen LogP contribution in [0.4, 0.5) is 0 Å². The van der Waals surface area contributed by atoms with Crippen molar-refractivity contribution in [3.05, 3.63) is 59.2 Å². The van der Waals surface area contributed by atoms with Crippen molar-refractivity contribution in [3.8, 4) is 0 Å². The Morgan fingerprint density at radius 3 is 2.39 bits per heavy atom. The van der Waals surface area contributed by atoms with Crippen LogP contribution in [0.1, 0.15) is 65.3 Å². The van der Waals surface area contributed by atoms with Gasteiger partial charge >= 0.3 is 0 Å². The van der Waals surface area contributed by atoms with Crippen LogP contribution >= 0.6 is 0 Å². The lowest BCUT2D eigenvalue weighted by atomic mass is 9.84. The van der Waals surface area contributed by atoms with Gasteiger partial charge in [0.05, 0.1) is 9.79 Å². The minimum atomic E-state index is -3.83. The number of fused-ring (bicyclic) bond motifs is 2. The average Bonchev–Trinajstić information content (AvgIpc) is 2.72. The Labute approximate surface area is 165 Å². The molecule has 1 aliphatic heterocycles. The monoisotopic (exact) mass is 397 g/mol. The second-order valence-corrected chi connectivity index (χ2v) is 9.53. The van der Waals surface area contributed by atoms with Crippen molar-refractivity contribution < 1.29 is 18.0 Å². The molecule has 1 saturated carbocycles. The lowest BCUT2D eigenvalue weighted by Crippen LogP contribution is -2.37. The van der Waals surface area contributed by atoms with Crippen molar-refractivity contribution in [1.29, 1.82) is 0 Å². The number of hydrogen-bond donors (Lipinski definition) is 1. The van der Waals surface area contributed by atoms with E-state index in [1.165, 1.54) is 36.8 Å². The Kier molecular flexibility index (Phi) is 4.83. The third kappa shape index (κ3) is 3.15. The summed E-state index contributed by atoms with van der Waals surface area (Å²) in [4.78, 5) is 25.3. The van der Waals surface area contributed by atoms with Crippen LogP contribution in [0.5, 0.6) is 0 Å². The summed E-state index contributed by atoms with van der Waals surface area (Å²) in [5, 5.41) is 3.03. The molecule has 1 N–H and O–H groups in total. The van der Waals surface area contributed by atoms with Crippen molar-refractivity contribution in [2.45, 2.75) is 54.9 Å². The first-order valence-corrected chi connectivity index (χ1v) is 11.2. The van der Waals surface area contributed by atoms with Gasteiger partial charge in [-0.15, -0.1) is 0 Å². The molecule has 2 aromatic carbocycles. The molecule has 1 heterocycles. The number of rotatable bonds is 3. The Balaban J connectivity index is 1.61. The number of hydrogen-bond acceptors (Lipinski definition) is 4. The maximum Gasteiger partial charge on any atom is 0.251 e. The molecular formula is C22H23NO4S. The van der Waals surface area contributed by atoms with E-state index in [4.69, 9.17) is 0 Å². The summed E-state index contributed by atoms with van der Waals surface area (Å²) in [7, 11) is -3.83. The molecule has 0 spiro atoms. The summed E-state index contributed by atoms with van der Waals surface area (Å²) in [6.07, 6.45) is 5.26. The third-order valence-corrected chi connectivity index (χ3v) is 7.81. The summed E-state index contributed by atoms with van der Waals surface area (Å²) >= 11 is 0. The Morgan fingerprint density at radius 2 is 1.68 bits per heavy atom. The van der Waals surface area contributed by atoms with Gasteiger partial charge in [-0.25, -0.2) is 8.42 Å². The SMILES string of the molecule is CCC1CCC(NC(=O)c2ccc3c(c2)S(=O)(=O)c2ccccc2C3=O)CC1. The van der Waals surface area contributed by atoms with E-state index in [2.05, 4.69) is 12.2 Å². The van der Waals surface area contributed by atoms with E-state index in [1.807, 2.05) is 0 Å². The Bertz CT molecular complexity index is 1050. The lowest BCUT2D eigenvalue weighted by molar-refractivity contribution is 0.0920. The van der Waals surface area contributed by atoms with Crippen molar-refractivity contribution in [2.24, 2.45) is 5.92 Å². The number of nitrogens with one attached hydrogen (secondary N) is 1. The van der Waals surface area contributed by atoms with E-state index < -0.39 is 9.84 Å². The van der Waals surface area contributed by atoms with Crippen LogP contribution in [-0.2, 0) is 9.84 Å². The van der Waals surface area contributed by atoms with E-state index in [0.717, 1.165) is 31.6 Å². The maximum atomic E-state index is 13.0. The summed E-state index contributed by atoms with van der Waals surface area (Å²) in [5.41, 5.74) is 0.575. The molecule has 1 fully saturated rings. The number of sulfone groups is 1. The number of carbonyl (C=O) groups excluding carboxylic acids is 2. The zero-order valence-electron chi connectivity index (χ0n) is 15.8. The number of carbonyl (C=O) groups is 2. The Hall–Kier alpha value is -2.47. The number of ketones is 1. The third-order valence-electron chi connectivity index (χ3n) is 5.96. The zero-order valence-corrected chi connectivity index (χ0v) is 16.6. The van der Waals surface area contributed by atoms with Gasteiger partial charge in [-0.3, -0.25) is 9.59 Å². The molecule has 0 unspecified atom stereocenters. The smallest absolute Gasteiger partial charge is 0.251 e.